The van der Waals surface area contributed by atoms with Crippen LogP contribution in [0.1, 0.15) is 0 Å². The Kier molecular flexibility index (Phi) is 8.15. The van der Waals surface area contributed by atoms with Crippen molar-refractivity contribution in [3.8, 4) is 61.8 Å². The summed E-state index contributed by atoms with van der Waals surface area (Å²) < 4.78 is 8.73. The molecular weight excluding hydrogens is 781 g/mol. The first-order chi connectivity index (χ1) is 31.7. The zero-order valence-corrected chi connectivity index (χ0v) is 34.5. The van der Waals surface area contributed by atoms with Crippen molar-refractivity contribution >= 4 is 65.3 Å². The van der Waals surface area contributed by atoms with Crippen LogP contribution >= 0.6 is 0 Å². The summed E-state index contributed by atoms with van der Waals surface area (Å²) in [7, 11) is 0. The number of hydrogen-bond acceptors (Lipinski definition) is 4. The number of para-hydroxylation sites is 3. The van der Waals surface area contributed by atoms with Gasteiger partial charge in [-0.05, 0) is 86.8 Å². The van der Waals surface area contributed by atoms with Crippen molar-refractivity contribution in [2.24, 2.45) is 0 Å². The molecule has 0 saturated carbocycles. The molecular formula is C59H36N4O. The number of aromatic nitrogens is 4. The molecule has 0 aliphatic rings. The predicted molar refractivity (Wildman–Crippen MR) is 264 cm³/mol. The van der Waals surface area contributed by atoms with Crippen molar-refractivity contribution in [2.45, 2.75) is 0 Å². The Morgan fingerprint density at radius 2 is 1.00 bits per heavy atom. The van der Waals surface area contributed by atoms with E-state index < -0.39 is 0 Å². The smallest absolute Gasteiger partial charge is 0.160 e. The molecule has 13 aromatic rings. The summed E-state index contributed by atoms with van der Waals surface area (Å²) in [6.45, 7) is 0. The minimum absolute atomic E-state index is 0.662. The zero-order valence-electron chi connectivity index (χ0n) is 34.5. The molecule has 0 aliphatic carbocycles. The van der Waals surface area contributed by atoms with Crippen molar-refractivity contribution in [3.63, 3.8) is 0 Å². The van der Waals surface area contributed by atoms with Gasteiger partial charge in [0.2, 0.25) is 0 Å². The molecule has 0 aliphatic heterocycles. The summed E-state index contributed by atoms with van der Waals surface area (Å²) in [4.78, 5) is 15.1. The highest BCUT2D eigenvalue weighted by Crippen LogP contribution is 2.39. The highest BCUT2D eigenvalue weighted by molar-refractivity contribution is 6.14. The van der Waals surface area contributed by atoms with E-state index in [1.54, 1.807) is 0 Å². The number of hydrogen-bond donors (Lipinski definition) is 0. The Labute approximate surface area is 368 Å². The Hall–Kier alpha value is -8.67. The van der Waals surface area contributed by atoms with Crippen LogP contribution in [0.25, 0.3) is 127 Å². The second kappa shape index (κ2) is 14.5. The van der Waals surface area contributed by atoms with E-state index >= 15 is 0 Å². The van der Waals surface area contributed by atoms with Gasteiger partial charge in [0, 0.05) is 61.9 Å². The maximum Gasteiger partial charge on any atom is 0.160 e. The van der Waals surface area contributed by atoms with Gasteiger partial charge >= 0.3 is 0 Å². The summed E-state index contributed by atoms with van der Waals surface area (Å²) >= 11 is 0. The number of fused-ring (bicyclic) bond motifs is 9. The lowest BCUT2D eigenvalue weighted by atomic mass is 9.92. The highest BCUT2D eigenvalue weighted by atomic mass is 16.3. The Morgan fingerprint density at radius 1 is 0.375 bits per heavy atom. The number of furan rings is 1. The number of nitrogens with zero attached hydrogens (tertiary/aromatic N) is 4. The molecule has 64 heavy (non-hydrogen) atoms. The lowest BCUT2D eigenvalue weighted by Crippen LogP contribution is -1.97. The van der Waals surface area contributed by atoms with Gasteiger partial charge in [-0.15, -0.1) is 0 Å². The SMILES string of the molecule is c1cc(-c2nc(-c3ccc(-c4cccc5c4oc4ccccc45)cc3)cc(-c3ccc(-n4c5ccccc5c5cnccc54)cc3)n2)cc(-c2cc3ccccc3c3ccccc23)c1. The largest absolute Gasteiger partial charge is 0.455 e. The molecule has 0 atom stereocenters. The number of benzene rings is 9. The molecule has 0 bridgehead atoms. The molecule has 4 heterocycles. The molecule has 298 valence electrons. The quantitative estimate of drug-likeness (QED) is 0.157. The molecule has 0 spiro atoms. The van der Waals surface area contributed by atoms with E-state index in [9.17, 15) is 0 Å². The lowest BCUT2D eigenvalue weighted by molar-refractivity contribution is 0.670. The predicted octanol–water partition coefficient (Wildman–Crippen LogP) is 15.5. The molecule has 5 nitrogen and oxygen atoms in total. The third-order valence-electron chi connectivity index (χ3n) is 12.7. The fourth-order valence-electron chi connectivity index (χ4n) is 9.66. The van der Waals surface area contributed by atoms with Crippen LogP contribution in [0.4, 0.5) is 0 Å². The van der Waals surface area contributed by atoms with Crippen molar-refractivity contribution in [1.29, 1.82) is 0 Å². The second-order valence-corrected chi connectivity index (χ2v) is 16.4. The van der Waals surface area contributed by atoms with Gasteiger partial charge in [0.1, 0.15) is 11.2 Å². The summed E-state index contributed by atoms with van der Waals surface area (Å²) in [5.41, 5.74) is 14.2. The van der Waals surface area contributed by atoms with Crippen LogP contribution < -0.4 is 0 Å². The maximum atomic E-state index is 6.42. The van der Waals surface area contributed by atoms with E-state index in [2.05, 4.69) is 204 Å². The normalized spacial score (nSPS) is 11.8. The molecule has 9 aromatic carbocycles. The Bertz CT molecular complexity index is 3900. The molecule has 0 N–H and O–H groups in total. The standard InChI is InChI=1S/C59H36N4O/c1-2-14-44-41(11-1)34-51(47-16-4-3-15-46(44)47)40-12-9-13-42(33-40)59-61-53(38-25-23-37(24-26-38)45-19-10-20-50-49-18-6-8-22-57(49)64-58(45)50)35-54(62-59)39-27-29-43(30-28-39)63-55-21-7-5-17-48(55)52-36-60-32-31-56(52)63/h1-36H. The molecule has 13 rings (SSSR count). The van der Waals surface area contributed by atoms with E-state index in [-0.39, 0.29) is 0 Å². The maximum absolute atomic E-state index is 6.42. The van der Waals surface area contributed by atoms with Crippen molar-refractivity contribution < 1.29 is 4.42 Å². The first-order valence-corrected chi connectivity index (χ1v) is 21.6. The first kappa shape index (κ1) is 36.0. The number of rotatable bonds is 6. The highest BCUT2D eigenvalue weighted by Gasteiger charge is 2.17. The molecule has 0 fully saturated rings. The van der Waals surface area contributed by atoms with Crippen LogP contribution in [0.5, 0.6) is 0 Å². The van der Waals surface area contributed by atoms with Crippen LogP contribution in [-0.4, -0.2) is 19.5 Å². The molecule has 4 aromatic heterocycles. The van der Waals surface area contributed by atoms with Crippen LogP contribution in [0.15, 0.2) is 223 Å². The van der Waals surface area contributed by atoms with E-state index in [1.165, 1.54) is 32.5 Å². The van der Waals surface area contributed by atoms with Crippen LogP contribution in [0, 0.1) is 0 Å². The van der Waals surface area contributed by atoms with Crippen LogP contribution in [-0.2, 0) is 0 Å². The zero-order chi connectivity index (χ0) is 42.1. The third-order valence-corrected chi connectivity index (χ3v) is 12.7. The van der Waals surface area contributed by atoms with E-state index in [0.29, 0.717) is 5.82 Å². The van der Waals surface area contributed by atoms with Gasteiger partial charge in [-0.25, -0.2) is 9.97 Å². The van der Waals surface area contributed by atoms with E-state index in [4.69, 9.17) is 14.4 Å². The van der Waals surface area contributed by atoms with Gasteiger partial charge < -0.3 is 8.98 Å². The molecule has 5 heteroatoms. The molecule has 0 unspecified atom stereocenters. The van der Waals surface area contributed by atoms with Gasteiger partial charge in [0.25, 0.3) is 0 Å². The van der Waals surface area contributed by atoms with Gasteiger partial charge in [-0.1, -0.05) is 158 Å². The second-order valence-electron chi connectivity index (χ2n) is 16.4. The molecule has 0 radical (unpaired) electrons. The van der Waals surface area contributed by atoms with Crippen molar-refractivity contribution in [2.75, 3.05) is 0 Å². The van der Waals surface area contributed by atoms with E-state index in [1.807, 2.05) is 24.5 Å². The Balaban J connectivity index is 0.945. The van der Waals surface area contributed by atoms with Gasteiger partial charge in [-0.2, -0.15) is 0 Å². The molecule has 0 saturated heterocycles. The van der Waals surface area contributed by atoms with Gasteiger partial charge in [0.05, 0.1) is 22.4 Å². The molecule has 0 amide bonds. The van der Waals surface area contributed by atoms with E-state index in [0.717, 1.165) is 88.8 Å². The summed E-state index contributed by atoms with van der Waals surface area (Å²) in [6.07, 6.45) is 3.81. The van der Waals surface area contributed by atoms with Crippen molar-refractivity contribution in [1.82, 2.24) is 19.5 Å². The minimum Gasteiger partial charge on any atom is -0.455 e. The van der Waals surface area contributed by atoms with Crippen LogP contribution in [0.2, 0.25) is 0 Å². The third kappa shape index (κ3) is 5.83. The van der Waals surface area contributed by atoms with Gasteiger partial charge in [0.15, 0.2) is 5.82 Å². The topological polar surface area (TPSA) is 56.7 Å². The van der Waals surface area contributed by atoms with Gasteiger partial charge in [-0.3, -0.25) is 4.98 Å². The van der Waals surface area contributed by atoms with Crippen molar-refractivity contribution in [3.05, 3.63) is 219 Å². The lowest BCUT2D eigenvalue weighted by Gasteiger charge is -2.13. The summed E-state index contributed by atoms with van der Waals surface area (Å²) in [5, 5.41) is 9.46. The fourth-order valence-corrected chi connectivity index (χ4v) is 9.66. The summed E-state index contributed by atoms with van der Waals surface area (Å²) in [6, 6.07) is 72.9. The van der Waals surface area contributed by atoms with Crippen LogP contribution in [0.3, 0.4) is 0 Å². The Morgan fingerprint density at radius 3 is 1.83 bits per heavy atom. The fraction of sp³-hybridized carbons (Fsp3) is 0. The average Bonchev–Trinajstić information content (AvgIpc) is 3.92. The average molecular weight is 817 g/mol. The monoisotopic (exact) mass is 816 g/mol. The first-order valence-electron chi connectivity index (χ1n) is 21.6. The minimum atomic E-state index is 0.662. The number of pyridine rings is 1. The summed E-state index contributed by atoms with van der Waals surface area (Å²) in [5.74, 6) is 0.662.